The number of rotatable bonds is 6. The van der Waals surface area contributed by atoms with Gasteiger partial charge >= 0.3 is 5.97 Å². The predicted octanol–water partition coefficient (Wildman–Crippen LogP) is 2.11. The van der Waals surface area contributed by atoms with Crippen LogP contribution in [0.1, 0.15) is 15.9 Å². The topological polar surface area (TPSA) is 78.4 Å². The van der Waals surface area contributed by atoms with E-state index in [0.717, 1.165) is 11.3 Å². The maximum absolute atomic E-state index is 11.7. The Morgan fingerprint density at radius 2 is 1.76 bits per heavy atom. The van der Waals surface area contributed by atoms with Gasteiger partial charge in [-0.15, -0.1) is 0 Å². The molecule has 0 saturated heterocycles. The summed E-state index contributed by atoms with van der Waals surface area (Å²) in [5, 5.41) is 14.6. The van der Waals surface area contributed by atoms with Gasteiger partial charge in [0.2, 0.25) is 5.91 Å². The third kappa shape index (κ3) is 4.65. The number of para-hydroxylation sites is 1. The van der Waals surface area contributed by atoms with Gasteiger partial charge < -0.3 is 15.7 Å². The molecule has 5 nitrogen and oxygen atoms in total. The Morgan fingerprint density at radius 1 is 1.00 bits per heavy atom. The maximum atomic E-state index is 11.7. The summed E-state index contributed by atoms with van der Waals surface area (Å²) in [6, 6.07) is 15.9. The minimum atomic E-state index is -0.978. The zero-order valence-electron chi connectivity index (χ0n) is 11.4. The molecule has 108 valence electrons. The lowest BCUT2D eigenvalue weighted by molar-refractivity contribution is -0.119. The first kappa shape index (κ1) is 14.6. The Bertz CT molecular complexity index is 626. The number of anilines is 1. The summed E-state index contributed by atoms with van der Waals surface area (Å²) in [6.45, 7) is 0.471. The van der Waals surface area contributed by atoms with Crippen LogP contribution in [-0.2, 0) is 11.3 Å². The van der Waals surface area contributed by atoms with E-state index in [4.69, 9.17) is 5.11 Å². The summed E-state index contributed by atoms with van der Waals surface area (Å²) in [6.07, 6.45) is 0. The zero-order valence-corrected chi connectivity index (χ0v) is 11.4. The number of hydrogen-bond donors (Lipinski definition) is 3. The zero-order chi connectivity index (χ0) is 15.1. The van der Waals surface area contributed by atoms with E-state index >= 15 is 0 Å². The molecule has 0 unspecified atom stereocenters. The smallest absolute Gasteiger partial charge is 0.335 e. The van der Waals surface area contributed by atoms with Crippen molar-refractivity contribution in [1.82, 2.24) is 5.32 Å². The Balaban J connectivity index is 1.81. The van der Waals surface area contributed by atoms with Crippen molar-refractivity contribution >= 4 is 17.6 Å². The van der Waals surface area contributed by atoms with E-state index in [0.29, 0.717) is 6.54 Å². The van der Waals surface area contributed by atoms with Crippen molar-refractivity contribution in [1.29, 1.82) is 0 Å². The highest BCUT2D eigenvalue weighted by Gasteiger charge is 2.05. The summed E-state index contributed by atoms with van der Waals surface area (Å²) in [5.74, 6) is -1.13. The quantitative estimate of drug-likeness (QED) is 0.759. The summed E-state index contributed by atoms with van der Waals surface area (Å²) in [4.78, 5) is 22.6. The molecule has 0 saturated carbocycles. The molecule has 0 aliphatic rings. The third-order valence-electron chi connectivity index (χ3n) is 2.89. The number of nitrogens with one attached hydrogen (secondary N) is 2. The number of carboxylic acid groups (broad SMARTS) is 1. The molecule has 0 bridgehead atoms. The van der Waals surface area contributed by atoms with Gasteiger partial charge in [-0.1, -0.05) is 30.3 Å². The van der Waals surface area contributed by atoms with Crippen molar-refractivity contribution in [2.24, 2.45) is 0 Å². The first-order valence-corrected chi connectivity index (χ1v) is 6.53. The monoisotopic (exact) mass is 284 g/mol. The van der Waals surface area contributed by atoms with E-state index in [9.17, 15) is 9.59 Å². The fraction of sp³-hybridized carbons (Fsp3) is 0.125. The Morgan fingerprint density at radius 3 is 2.48 bits per heavy atom. The molecule has 2 aromatic rings. The van der Waals surface area contributed by atoms with Crippen LogP contribution in [-0.4, -0.2) is 23.5 Å². The van der Waals surface area contributed by atoms with Gasteiger partial charge in [-0.2, -0.15) is 0 Å². The maximum Gasteiger partial charge on any atom is 0.335 e. The van der Waals surface area contributed by atoms with Crippen LogP contribution >= 0.6 is 0 Å². The second-order valence-corrected chi connectivity index (χ2v) is 4.50. The van der Waals surface area contributed by atoms with Crippen LogP contribution in [0.3, 0.4) is 0 Å². The molecule has 0 fully saturated rings. The number of benzene rings is 2. The van der Waals surface area contributed by atoms with E-state index < -0.39 is 5.97 Å². The molecule has 3 N–H and O–H groups in total. The van der Waals surface area contributed by atoms with Crippen LogP contribution in [0, 0.1) is 0 Å². The second-order valence-electron chi connectivity index (χ2n) is 4.50. The van der Waals surface area contributed by atoms with E-state index in [1.54, 1.807) is 18.2 Å². The molecule has 0 aromatic heterocycles. The van der Waals surface area contributed by atoms with Gasteiger partial charge in [-0.25, -0.2) is 4.79 Å². The predicted molar refractivity (Wildman–Crippen MR) is 80.2 cm³/mol. The summed E-state index contributed by atoms with van der Waals surface area (Å²) in [7, 11) is 0. The minimum Gasteiger partial charge on any atom is -0.478 e. The molecular weight excluding hydrogens is 268 g/mol. The van der Waals surface area contributed by atoms with E-state index in [2.05, 4.69) is 10.6 Å². The molecule has 21 heavy (non-hydrogen) atoms. The Kier molecular flexibility index (Phi) is 4.93. The highest BCUT2D eigenvalue weighted by molar-refractivity contribution is 5.87. The summed E-state index contributed by atoms with van der Waals surface area (Å²) >= 11 is 0. The lowest BCUT2D eigenvalue weighted by Gasteiger charge is -2.08. The number of aromatic carboxylic acids is 1. The molecule has 1 amide bonds. The third-order valence-corrected chi connectivity index (χ3v) is 2.89. The molecule has 0 heterocycles. The van der Waals surface area contributed by atoms with Gasteiger partial charge in [0.05, 0.1) is 12.1 Å². The van der Waals surface area contributed by atoms with Crippen LogP contribution in [0.25, 0.3) is 0 Å². The lowest BCUT2D eigenvalue weighted by Crippen LogP contribution is -2.29. The molecule has 0 aliphatic heterocycles. The molecule has 2 aromatic carbocycles. The molecule has 5 heteroatoms. The highest BCUT2D eigenvalue weighted by Crippen LogP contribution is 2.06. The SMILES string of the molecule is O=C(CNc1ccccc1)NCc1cccc(C(=O)O)c1. The van der Waals surface area contributed by atoms with Gasteiger partial charge in [0.25, 0.3) is 0 Å². The summed E-state index contributed by atoms with van der Waals surface area (Å²) in [5.41, 5.74) is 1.84. The first-order valence-electron chi connectivity index (χ1n) is 6.53. The Labute approximate surface area is 122 Å². The van der Waals surface area contributed by atoms with Gasteiger partial charge in [0, 0.05) is 12.2 Å². The molecule has 2 rings (SSSR count). The van der Waals surface area contributed by atoms with E-state index in [1.807, 2.05) is 30.3 Å². The van der Waals surface area contributed by atoms with Crippen LogP contribution in [0.4, 0.5) is 5.69 Å². The van der Waals surface area contributed by atoms with Crippen molar-refractivity contribution < 1.29 is 14.7 Å². The fourth-order valence-corrected chi connectivity index (χ4v) is 1.82. The Hall–Kier alpha value is -2.82. The fourth-order valence-electron chi connectivity index (χ4n) is 1.82. The van der Waals surface area contributed by atoms with Crippen molar-refractivity contribution in [2.75, 3.05) is 11.9 Å². The first-order chi connectivity index (χ1) is 10.1. The van der Waals surface area contributed by atoms with Crippen molar-refractivity contribution in [3.8, 4) is 0 Å². The van der Waals surface area contributed by atoms with E-state index in [-0.39, 0.29) is 18.0 Å². The van der Waals surface area contributed by atoms with Crippen molar-refractivity contribution in [3.05, 3.63) is 65.7 Å². The molecule has 0 atom stereocenters. The average Bonchev–Trinajstić information content (AvgIpc) is 2.52. The highest BCUT2D eigenvalue weighted by atomic mass is 16.4. The number of amides is 1. The lowest BCUT2D eigenvalue weighted by atomic mass is 10.1. The minimum absolute atomic E-state index is 0.153. The van der Waals surface area contributed by atoms with Gasteiger partial charge in [0.15, 0.2) is 0 Å². The van der Waals surface area contributed by atoms with Crippen molar-refractivity contribution in [3.63, 3.8) is 0 Å². The van der Waals surface area contributed by atoms with Crippen molar-refractivity contribution in [2.45, 2.75) is 6.54 Å². The van der Waals surface area contributed by atoms with Crippen LogP contribution in [0.15, 0.2) is 54.6 Å². The largest absolute Gasteiger partial charge is 0.478 e. The number of carbonyl (C=O) groups is 2. The number of hydrogen-bond acceptors (Lipinski definition) is 3. The van der Waals surface area contributed by atoms with Crippen LogP contribution in [0.5, 0.6) is 0 Å². The molecule has 0 spiro atoms. The standard InChI is InChI=1S/C16H16N2O3/c19-15(11-17-14-7-2-1-3-8-14)18-10-12-5-4-6-13(9-12)16(20)21/h1-9,17H,10-11H2,(H,18,19)(H,20,21). The van der Waals surface area contributed by atoms with E-state index in [1.165, 1.54) is 6.07 Å². The molecular formula is C16H16N2O3. The molecule has 0 aliphatic carbocycles. The molecule has 0 radical (unpaired) electrons. The number of carbonyl (C=O) groups excluding carboxylic acids is 1. The van der Waals surface area contributed by atoms with Crippen LogP contribution in [0.2, 0.25) is 0 Å². The normalized spacial score (nSPS) is 9.90. The van der Waals surface area contributed by atoms with Gasteiger partial charge in [0.1, 0.15) is 0 Å². The average molecular weight is 284 g/mol. The van der Waals surface area contributed by atoms with Gasteiger partial charge in [-0.3, -0.25) is 4.79 Å². The number of carboxylic acids is 1. The second kappa shape index (κ2) is 7.09. The van der Waals surface area contributed by atoms with Crippen LogP contribution < -0.4 is 10.6 Å². The van der Waals surface area contributed by atoms with Gasteiger partial charge in [-0.05, 0) is 29.8 Å². The summed E-state index contributed by atoms with van der Waals surface area (Å²) < 4.78 is 0.